The Morgan fingerprint density at radius 2 is 1.95 bits per heavy atom. The molecule has 0 unspecified atom stereocenters. The van der Waals surface area contributed by atoms with Crippen LogP contribution in [-0.4, -0.2) is 23.1 Å². The van der Waals surface area contributed by atoms with Crippen LogP contribution in [-0.2, 0) is 6.42 Å². The fraction of sp³-hybridized carbons (Fsp3) is 0.733. The maximum absolute atomic E-state index is 5.83. The molecule has 0 radical (unpaired) electrons. The molecule has 0 amide bonds. The summed E-state index contributed by atoms with van der Waals surface area (Å²) >= 11 is 0. The van der Waals surface area contributed by atoms with Crippen LogP contribution in [0.4, 0.5) is 5.82 Å². The number of hydrogen-bond acceptors (Lipinski definition) is 4. The predicted octanol–water partition coefficient (Wildman–Crippen LogP) is 3.59. The molecule has 0 saturated heterocycles. The van der Waals surface area contributed by atoms with Crippen molar-refractivity contribution >= 4 is 5.82 Å². The molecule has 0 spiro atoms. The summed E-state index contributed by atoms with van der Waals surface area (Å²) in [4.78, 5) is 9.08. The van der Waals surface area contributed by atoms with Crippen molar-refractivity contribution in [2.75, 3.05) is 18.5 Å². The van der Waals surface area contributed by atoms with Gasteiger partial charge in [0.1, 0.15) is 11.6 Å². The number of anilines is 1. The first-order valence-corrected chi connectivity index (χ1v) is 7.32. The molecule has 1 aromatic heterocycles. The molecule has 0 aromatic carbocycles. The lowest BCUT2D eigenvalue weighted by Gasteiger charge is -2.14. The Labute approximate surface area is 117 Å². The summed E-state index contributed by atoms with van der Waals surface area (Å²) in [5, 5.41) is 3.28. The third-order valence-electron chi connectivity index (χ3n) is 2.90. The molecule has 0 aliphatic rings. The highest BCUT2D eigenvalue weighted by molar-refractivity contribution is 5.48. The molecule has 1 rings (SSSR count). The van der Waals surface area contributed by atoms with Gasteiger partial charge in [-0.1, -0.05) is 20.8 Å². The molecule has 108 valence electrons. The number of nitrogens with one attached hydrogen (secondary N) is 1. The number of nitrogens with zero attached hydrogens (tertiary/aromatic N) is 2. The molecule has 0 fully saturated rings. The summed E-state index contributed by atoms with van der Waals surface area (Å²) in [6.07, 6.45) is 2.97. The molecule has 1 heterocycles. The highest BCUT2D eigenvalue weighted by atomic mass is 16.5. The average molecular weight is 265 g/mol. The molecule has 0 atom stereocenters. The van der Waals surface area contributed by atoms with E-state index < -0.39 is 0 Å². The number of ether oxygens (including phenoxy) is 1. The lowest BCUT2D eigenvalue weighted by atomic mass is 10.1. The zero-order chi connectivity index (χ0) is 14.3. The second-order valence-corrected chi connectivity index (χ2v) is 5.23. The highest BCUT2D eigenvalue weighted by Crippen LogP contribution is 2.23. The first-order valence-electron chi connectivity index (χ1n) is 7.32. The predicted molar refractivity (Wildman–Crippen MR) is 79.9 cm³/mol. The summed E-state index contributed by atoms with van der Waals surface area (Å²) in [5.41, 5.74) is 1.01. The van der Waals surface area contributed by atoms with E-state index in [0.29, 0.717) is 12.5 Å². The summed E-state index contributed by atoms with van der Waals surface area (Å²) < 4.78 is 5.83. The molecule has 0 saturated carbocycles. The van der Waals surface area contributed by atoms with Gasteiger partial charge in [-0.3, -0.25) is 0 Å². The summed E-state index contributed by atoms with van der Waals surface area (Å²) in [7, 11) is 0. The summed E-state index contributed by atoms with van der Waals surface area (Å²) in [6.45, 7) is 12.2. The summed E-state index contributed by atoms with van der Waals surface area (Å²) in [5.74, 6) is 3.14. The van der Waals surface area contributed by atoms with Crippen LogP contribution in [0.5, 0.6) is 5.88 Å². The average Bonchev–Trinajstić information content (AvgIpc) is 2.34. The standard InChI is InChI=1S/C15H27N3O/c1-6-8-13-17-14(16-7-2)12(5)15(18-13)19-10-9-11(3)4/h11H,6-10H2,1-5H3,(H,16,17,18). The normalized spacial score (nSPS) is 10.8. The highest BCUT2D eigenvalue weighted by Gasteiger charge is 2.11. The fourth-order valence-electron chi connectivity index (χ4n) is 1.75. The quantitative estimate of drug-likeness (QED) is 0.780. The van der Waals surface area contributed by atoms with Crippen molar-refractivity contribution in [3.05, 3.63) is 11.4 Å². The molecule has 0 bridgehead atoms. The van der Waals surface area contributed by atoms with Crippen LogP contribution in [0.1, 0.15) is 51.9 Å². The van der Waals surface area contributed by atoms with E-state index in [1.54, 1.807) is 0 Å². The first-order chi connectivity index (χ1) is 9.08. The fourth-order valence-corrected chi connectivity index (χ4v) is 1.75. The van der Waals surface area contributed by atoms with Gasteiger partial charge in [-0.25, -0.2) is 4.98 Å². The summed E-state index contributed by atoms with van der Waals surface area (Å²) in [6, 6.07) is 0. The smallest absolute Gasteiger partial charge is 0.221 e. The Balaban J connectivity index is 2.86. The Morgan fingerprint density at radius 3 is 2.53 bits per heavy atom. The van der Waals surface area contributed by atoms with E-state index in [0.717, 1.165) is 48.9 Å². The van der Waals surface area contributed by atoms with Crippen molar-refractivity contribution in [2.24, 2.45) is 5.92 Å². The topological polar surface area (TPSA) is 47.0 Å². The maximum Gasteiger partial charge on any atom is 0.221 e. The van der Waals surface area contributed by atoms with E-state index in [1.807, 2.05) is 6.92 Å². The van der Waals surface area contributed by atoms with Crippen molar-refractivity contribution < 1.29 is 4.74 Å². The second-order valence-electron chi connectivity index (χ2n) is 5.23. The Hall–Kier alpha value is -1.32. The van der Waals surface area contributed by atoms with E-state index in [2.05, 4.69) is 43.0 Å². The van der Waals surface area contributed by atoms with E-state index >= 15 is 0 Å². The molecule has 0 aliphatic heterocycles. The van der Waals surface area contributed by atoms with Crippen LogP contribution >= 0.6 is 0 Å². The van der Waals surface area contributed by atoms with Gasteiger partial charge in [-0.05, 0) is 32.6 Å². The van der Waals surface area contributed by atoms with Crippen LogP contribution in [0.15, 0.2) is 0 Å². The minimum absolute atomic E-state index is 0.644. The Morgan fingerprint density at radius 1 is 1.21 bits per heavy atom. The largest absolute Gasteiger partial charge is 0.477 e. The third kappa shape index (κ3) is 5.05. The molecule has 0 aliphatic carbocycles. The first kappa shape index (κ1) is 15.7. The van der Waals surface area contributed by atoms with Gasteiger partial charge >= 0.3 is 0 Å². The van der Waals surface area contributed by atoms with Crippen molar-refractivity contribution in [2.45, 2.75) is 53.9 Å². The van der Waals surface area contributed by atoms with Crippen LogP contribution in [0.3, 0.4) is 0 Å². The van der Waals surface area contributed by atoms with Gasteiger partial charge in [0.25, 0.3) is 0 Å². The van der Waals surface area contributed by atoms with Gasteiger partial charge in [-0.15, -0.1) is 0 Å². The Kier molecular flexibility index (Phi) is 6.60. The van der Waals surface area contributed by atoms with Gasteiger partial charge in [0.2, 0.25) is 5.88 Å². The van der Waals surface area contributed by atoms with Gasteiger partial charge in [-0.2, -0.15) is 4.98 Å². The monoisotopic (exact) mass is 265 g/mol. The minimum atomic E-state index is 0.644. The minimum Gasteiger partial charge on any atom is -0.477 e. The second kappa shape index (κ2) is 7.97. The maximum atomic E-state index is 5.83. The van der Waals surface area contributed by atoms with Crippen LogP contribution in [0.2, 0.25) is 0 Å². The zero-order valence-electron chi connectivity index (χ0n) is 12.9. The van der Waals surface area contributed by atoms with Crippen molar-refractivity contribution in [1.29, 1.82) is 0 Å². The van der Waals surface area contributed by atoms with Crippen molar-refractivity contribution in [3.8, 4) is 5.88 Å². The van der Waals surface area contributed by atoms with Crippen molar-refractivity contribution in [3.63, 3.8) is 0 Å². The SMILES string of the molecule is CCCc1nc(NCC)c(C)c(OCCC(C)C)n1. The number of hydrogen-bond donors (Lipinski definition) is 1. The lowest BCUT2D eigenvalue weighted by Crippen LogP contribution is -2.10. The molecule has 4 heteroatoms. The molecular formula is C15H27N3O. The molecule has 1 aromatic rings. The van der Waals surface area contributed by atoms with Gasteiger partial charge in [0.15, 0.2) is 0 Å². The third-order valence-corrected chi connectivity index (χ3v) is 2.90. The zero-order valence-corrected chi connectivity index (χ0v) is 12.9. The Bertz CT molecular complexity index is 391. The lowest BCUT2D eigenvalue weighted by molar-refractivity contribution is 0.276. The molecular weight excluding hydrogens is 238 g/mol. The van der Waals surface area contributed by atoms with E-state index in [-0.39, 0.29) is 0 Å². The van der Waals surface area contributed by atoms with E-state index in [1.165, 1.54) is 0 Å². The number of rotatable bonds is 8. The van der Waals surface area contributed by atoms with Crippen LogP contribution in [0.25, 0.3) is 0 Å². The number of aromatic nitrogens is 2. The molecule has 4 nitrogen and oxygen atoms in total. The van der Waals surface area contributed by atoms with Gasteiger partial charge in [0.05, 0.1) is 12.2 Å². The molecule has 1 N–H and O–H groups in total. The van der Waals surface area contributed by atoms with E-state index in [4.69, 9.17) is 4.74 Å². The van der Waals surface area contributed by atoms with Gasteiger partial charge < -0.3 is 10.1 Å². The van der Waals surface area contributed by atoms with Crippen LogP contribution in [0, 0.1) is 12.8 Å². The van der Waals surface area contributed by atoms with E-state index in [9.17, 15) is 0 Å². The van der Waals surface area contributed by atoms with Gasteiger partial charge in [0, 0.05) is 13.0 Å². The molecule has 19 heavy (non-hydrogen) atoms. The van der Waals surface area contributed by atoms with Crippen molar-refractivity contribution in [1.82, 2.24) is 9.97 Å². The van der Waals surface area contributed by atoms with Crippen LogP contribution < -0.4 is 10.1 Å². The number of aryl methyl sites for hydroxylation is 1.